The van der Waals surface area contributed by atoms with Gasteiger partial charge in [0.2, 0.25) is 0 Å². The maximum Gasteiger partial charge on any atom is 0.136 e. The predicted octanol–water partition coefficient (Wildman–Crippen LogP) is 2.82. The molecule has 0 radical (unpaired) electrons. The maximum atomic E-state index is 13.5. The lowest BCUT2D eigenvalue weighted by Gasteiger charge is -2.12. The third-order valence-electron chi connectivity index (χ3n) is 3.05. The van der Waals surface area contributed by atoms with Crippen molar-refractivity contribution >= 4 is 23.0 Å². The molecule has 0 aliphatic carbocycles. The van der Waals surface area contributed by atoms with Crippen LogP contribution in [0.1, 0.15) is 16.7 Å². The number of nitrogens with zero attached hydrogens (tertiary/aromatic N) is 1. The molecule has 0 atom stereocenters. The minimum atomic E-state index is -0.193. The van der Waals surface area contributed by atoms with E-state index in [1.807, 2.05) is 19.1 Å². The monoisotopic (exact) mass is 289 g/mol. The third kappa shape index (κ3) is 3.30. The number of rotatable bonds is 5. The van der Waals surface area contributed by atoms with E-state index in [4.69, 9.17) is 18.0 Å². The Bertz CT molecular complexity index is 628. The molecule has 1 heterocycles. The fraction of sp³-hybridized carbons (Fsp3) is 0.200. The van der Waals surface area contributed by atoms with E-state index in [0.717, 1.165) is 11.1 Å². The Kier molecular flexibility index (Phi) is 4.63. The van der Waals surface area contributed by atoms with Crippen LogP contribution in [-0.2, 0) is 6.42 Å². The molecular weight excluding hydrogens is 273 g/mol. The van der Waals surface area contributed by atoms with E-state index in [-0.39, 0.29) is 5.82 Å². The van der Waals surface area contributed by atoms with Crippen molar-refractivity contribution < 1.29 is 4.39 Å². The van der Waals surface area contributed by atoms with Crippen LogP contribution < -0.4 is 11.1 Å². The fourth-order valence-electron chi connectivity index (χ4n) is 2.02. The number of aryl methyl sites for hydroxylation is 1. The highest BCUT2D eigenvalue weighted by atomic mass is 32.1. The first-order valence-corrected chi connectivity index (χ1v) is 6.73. The molecular formula is C15H16FN3S. The number of nitrogens with two attached hydrogens (primary N) is 1. The van der Waals surface area contributed by atoms with Crippen LogP contribution in [0, 0.1) is 12.7 Å². The summed E-state index contributed by atoms with van der Waals surface area (Å²) in [7, 11) is 0. The van der Waals surface area contributed by atoms with Gasteiger partial charge < -0.3 is 11.1 Å². The summed E-state index contributed by atoms with van der Waals surface area (Å²) in [6.07, 6.45) is 2.27. The van der Waals surface area contributed by atoms with Crippen LogP contribution in [0.4, 0.5) is 10.2 Å². The largest absolute Gasteiger partial charge is 0.389 e. The second-order valence-corrected chi connectivity index (χ2v) is 4.92. The third-order valence-corrected chi connectivity index (χ3v) is 3.25. The first kappa shape index (κ1) is 14.4. The highest BCUT2D eigenvalue weighted by molar-refractivity contribution is 7.80. The summed E-state index contributed by atoms with van der Waals surface area (Å²) in [4.78, 5) is 4.55. The van der Waals surface area contributed by atoms with Crippen LogP contribution >= 0.6 is 12.2 Å². The van der Waals surface area contributed by atoms with Gasteiger partial charge >= 0.3 is 0 Å². The van der Waals surface area contributed by atoms with Crippen molar-refractivity contribution in [2.45, 2.75) is 13.3 Å². The zero-order valence-corrected chi connectivity index (χ0v) is 12.0. The first-order chi connectivity index (χ1) is 9.59. The van der Waals surface area contributed by atoms with Crippen molar-refractivity contribution in [3.8, 4) is 0 Å². The zero-order valence-electron chi connectivity index (χ0n) is 11.2. The normalized spacial score (nSPS) is 10.3. The average Bonchev–Trinajstić information content (AvgIpc) is 2.40. The molecule has 0 saturated heterocycles. The Balaban J connectivity index is 2.07. The lowest BCUT2D eigenvalue weighted by Crippen LogP contribution is -2.17. The molecule has 0 spiro atoms. The average molecular weight is 289 g/mol. The topological polar surface area (TPSA) is 50.9 Å². The standard InChI is InChI=1S/C15H16FN3S/c1-10-6-8-18-15(13(10)14(17)20)19-9-7-11-4-2-3-5-12(11)16/h2-6,8H,7,9H2,1H3,(H2,17,20)(H,18,19). The molecule has 0 aliphatic heterocycles. The van der Waals surface area contributed by atoms with Gasteiger partial charge in [-0.3, -0.25) is 0 Å². The molecule has 104 valence electrons. The van der Waals surface area contributed by atoms with E-state index < -0.39 is 0 Å². The van der Waals surface area contributed by atoms with Gasteiger partial charge in [-0.2, -0.15) is 0 Å². The van der Waals surface area contributed by atoms with E-state index in [0.29, 0.717) is 29.3 Å². The minimum Gasteiger partial charge on any atom is -0.389 e. The Labute approximate surface area is 123 Å². The van der Waals surface area contributed by atoms with E-state index in [9.17, 15) is 4.39 Å². The van der Waals surface area contributed by atoms with Crippen LogP contribution in [0.5, 0.6) is 0 Å². The summed E-state index contributed by atoms with van der Waals surface area (Å²) in [5.41, 5.74) is 8.10. The molecule has 5 heteroatoms. The molecule has 0 aliphatic rings. The second-order valence-electron chi connectivity index (χ2n) is 4.48. The molecule has 0 unspecified atom stereocenters. The summed E-state index contributed by atoms with van der Waals surface area (Å²) >= 11 is 5.04. The van der Waals surface area contributed by atoms with Crippen LogP contribution in [-0.4, -0.2) is 16.5 Å². The van der Waals surface area contributed by atoms with E-state index in [1.165, 1.54) is 6.07 Å². The smallest absolute Gasteiger partial charge is 0.136 e. The van der Waals surface area contributed by atoms with Crippen molar-refractivity contribution in [1.29, 1.82) is 0 Å². The first-order valence-electron chi connectivity index (χ1n) is 6.32. The number of aromatic nitrogens is 1. The summed E-state index contributed by atoms with van der Waals surface area (Å²) in [5, 5.41) is 3.17. The summed E-state index contributed by atoms with van der Waals surface area (Å²) in [5.74, 6) is 0.454. The van der Waals surface area contributed by atoms with E-state index in [2.05, 4.69) is 10.3 Å². The van der Waals surface area contributed by atoms with Crippen molar-refractivity contribution in [3.05, 3.63) is 59.0 Å². The van der Waals surface area contributed by atoms with Crippen molar-refractivity contribution in [2.75, 3.05) is 11.9 Å². The lowest BCUT2D eigenvalue weighted by atomic mass is 10.1. The van der Waals surface area contributed by atoms with Gasteiger partial charge in [0, 0.05) is 12.7 Å². The van der Waals surface area contributed by atoms with Gasteiger partial charge in [-0.15, -0.1) is 0 Å². The number of nitrogens with one attached hydrogen (secondary N) is 1. The Morgan fingerprint density at radius 2 is 2.10 bits per heavy atom. The Morgan fingerprint density at radius 1 is 1.35 bits per heavy atom. The fourth-order valence-corrected chi connectivity index (χ4v) is 2.28. The molecule has 2 rings (SSSR count). The van der Waals surface area contributed by atoms with Gasteiger partial charge in [-0.25, -0.2) is 9.37 Å². The van der Waals surface area contributed by atoms with Crippen LogP contribution in [0.2, 0.25) is 0 Å². The molecule has 0 saturated carbocycles. The summed E-state index contributed by atoms with van der Waals surface area (Å²) in [6, 6.07) is 8.59. The van der Waals surface area contributed by atoms with Gasteiger partial charge in [-0.1, -0.05) is 30.4 Å². The lowest BCUT2D eigenvalue weighted by molar-refractivity contribution is 0.610. The predicted molar refractivity (Wildman–Crippen MR) is 83.5 cm³/mol. The molecule has 1 aromatic carbocycles. The molecule has 20 heavy (non-hydrogen) atoms. The van der Waals surface area contributed by atoms with E-state index >= 15 is 0 Å². The molecule has 1 aromatic heterocycles. The second kappa shape index (κ2) is 6.43. The van der Waals surface area contributed by atoms with Gasteiger partial charge in [0.05, 0.1) is 5.56 Å². The van der Waals surface area contributed by atoms with Crippen molar-refractivity contribution in [2.24, 2.45) is 5.73 Å². The highest BCUT2D eigenvalue weighted by Gasteiger charge is 2.09. The summed E-state index contributed by atoms with van der Waals surface area (Å²) < 4.78 is 13.5. The SMILES string of the molecule is Cc1ccnc(NCCc2ccccc2F)c1C(N)=S. The van der Waals surface area contributed by atoms with Crippen molar-refractivity contribution in [1.82, 2.24) is 4.98 Å². The van der Waals surface area contributed by atoms with Gasteiger partial charge in [0.25, 0.3) is 0 Å². The number of pyridine rings is 1. The molecule has 0 bridgehead atoms. The van der Waals surface area contributed by atoms with Gasteiger partial charge in [-0.05, 0) is 36.6 Å². The van der Waals surface area contributed by atoms with E-state index in [1.54, 1.807) is 18.3 Å². The zero-order chi connectivity index (χ0) is 14.5. The van der Waals surface area contributed by atoms with Crippen LogP contribution in [0.15, 0.2) is 36.5 Å². The maximum absolute atomic E-state index is 13.5. The highest BCUT2D eigenvalue weighted by Crippen LogP contribution is 2.16. The molecule has 0 fully saturated rings. The molecule has 0 amide bonds. The molecule has 3 N–H and O–H groups in total. The summed E-state index contributed by atoms with van der Waals surface area (Å²) in [6.45, 7) is 2.49. The molecule has 2 aromatic rings. The Hall–Kier alpha value is -2.01. The quantitative estimate of drug-likeness (QED) is 0.831. The number of thiocarbonyl (C=S) groups is 1. The molecule has 3 nitrogen and oxygen atoms in total. The number of hydrogen-bond donors (Lipinski definition) is 2. The van der Waals surface area contributed by atoms with Crippen molar-refractivity contribution in [3.63, 3.8) is 0 Å². The number of halogens is 1. The minimum absolute atomic E-state index is 0.193. The van der Waals surface area contributed by atoms with Crippen LogP contribution in [0.25, 0.3) is 0 Å². The number of hydrogen-bond acceptors (Lipinski definition) is 3. The van der Waals surface area contributed by atoms with Gasteiger partial charge in [0.1, 0.15) is 16.6 Å². The van der Waals surface area contributed by atoms with Crippen LogP contribution in [0.3, 0.4) is 0 Å². The number of benzene rings is 1. The van der Waals surface area contributed by atoms with Gasteiger partial charge in [0.15, 0.2) is 0 Å². The Morgan fingerprint density at radius 3 is 2.80 bits per heavy atom. The number of anilines is 1.